The Labute approximate surface area is 202 Å². The number of benzene rings is 1. The van der Waals surface area contributed by atoms with E-state index >= 15 is 0 Å². The van der Waals surface area contributed by atoms with Crippen LogP contribution in [-0.2, 0) is 0 Å². The second-order valence-corrected chi connectivity index (χ2v) is 9.30. The van der Waals surface area contributed by atoms with Gasteiger partial charge in [0.2, 0.25) is 0 Å². The molecule has 4 rings (SSSR count). The zero-order valence-electron chi connectivity index (χ0n) is 20.2. The zero-order valence-corrected chi connectivity index (χ0v) is 20.2. The number of amides is 2. The van der Waals surface area contributed by atoms with Crippen LogP contribution < -0.4 is 4.74 Å². The molecule has 0 saturated heterocycles. The zero-order chi connectivity index (χ0) is 23.8. The molecule has 2 aliphatic rings. The van der Waals surface area contributed by atoms with Crippen molar-refractivity contribution in [3.63, 3.8) is 0 Å². The number of hydrogen-bond donors (Lipinski definition) is 0. The molecule has 1 aliphatic heterocycles. The van der Waals surface area contributed by atoms with Crippen molar-refractivity contribution in [1.82, 2.24) is 19.8 Å². The number of fused-ring (bicyclic) bond motifs is 2. The molecule has 1 aromatic carbocycles. The molecule has 7 heteroatoms. The summed E-state index contributed by atoms with van der Waals surface area (Å²) in [6.07, 6.45) is 11.6. The Morgan fingerprint density at radius 2 is 1.82 bits per heavy atom. The van der Waals surface area contributed by atoms with Crippen molar-refractivity contribution in [2.75, 3.05) is 19.6 Å². The maximum Gasteiger partial charge on any atom is 0.272 e. The highest BCUT2D eigenvalue weighted by Gasteiger charge is 2.36. The van der Waals surface area contributed by atoms with E-state index < -0.39 is 0 Å². The summed E-state index contributed by atoms with van der Waals surface area (Å²) in [4.78, 5) is 39.1. The molecule has 1 aliphatic carbocycles. The van der Waals surface area contributed by atoms with Crippen LogP contribution >= 0.6 is 0 Å². The summed E-state index contributed by atoms with van der Waals surface area (Å²) in [5.74, 6) is 0.598. The highest BCUT2D eigenvalue weighted by Crippen LogP contribution is 2.31. The Hall–Kier alpha value is -2.96. The standard InChI is InChI=1S/C27H36N4O3/c1-2-17-30-18-9-3-4-10-19-31(27(33)22-15-16-28-20-29-22)23-12-6-8-14-25(23)34-24-13-7-5-11-21(24)26(30)32/h5,7,11,13,15-16,20,23,25H,2-4,6,8-10,12,14,17-19H2,1H3/t23-,25+/m1/s1. The molecule has 1 fully saturated rings. The van der Waals surface area contributed by atoms with E-state index in [0.29, 0.717) is 23.6 Å². The fourth-order valence-corrected chi connectivity index (χ4v) is 5.16. The lowest BCUT2D eigenvalue weighted by Crippen LogP contribution is -2.51. The van der Waals surface area contributed by atoms with E-state index in [0.717, 1.165) is 70.9 Å². The minimum absolute atomic E-state index is 0.0378. The van der Waals surface area contributed by atoms with Crippen LogP contribution in [0, 0.1) is 0 Å². The molecule has 2 atom stereocenters. The van der Waals surface area contributed by atoms with Gasteiger partial charge in [0, 0.05) is 25.8 Å². The van der Waals surface area contributed by atoms with Gasteiger partial charge in [-0.05, 0) is 56.7 Å². The molecular weight excluding hydrogens is 428 g/mol. The van der Waals surface area contributed by atoms with Crippen LogP contribution in [0.4, 0.5) is 0 Å². The second kappa shape index (κ2) is 12.0. The van der Waals surface area contributed by atoms with Gasteiger partial charge in [0.15, 0.2) is 0 Å². The van der Waals surface area contributed by atoms with Gasteiger partial charge in [-0.25, -0.2) is 9.97 Å². The Bertz CT molecular complexity index is 952. The minimum atomic E-state index is -0.156. The number of hydrogen-bond acceptors (Lipinski definition) is 5. The molecular formula is C27H36N4O3. The first-order chi connectivity index (χ1) is 16.7. The molecule has 1 aromatic heterocycles. The van der Waals surface area contributed by atoms with Crippen LogP contribution in [0.15, 0.2) is 42.9 Å². The highest BCUT2D eigenvalue weighted by atomic mass is 16.5. The monoisotopic (exact) mass is 464 g/mol. The van der Waals surface area contributed by atoms with E-state index in [1.54, 1.807) is 12.3 Å². The highest BCUT2D eigenvalue weighted by molar-refractivity contribution is 5.97. The normalized spacial score (nSPS) is 22.2. The number of rotatable bonds is 3. The van der Waals surface area contributed by atoms with Gasteiger partial charge >= 0.3 is 0 Å². The average molecular weight is 465 g/mol. The van der Waals surface area contributed by atoms with Crippen molar-refractivity contribution in [3.8, 4) is 5.75 Å². The van der Waals surface area contributed by atoms with Crippen molar-refractivity contribution in [1.29, 1.82) is 0 Å². The quantitative estimate of drug-likeness (QED) is 0.656. The molecule has 0 spiro atoms. The SMILES string of the molecule is CCCN1CCCCCCN(C(=O)c2ccncn2)[C@@H]2CCCC[C@@H]2Oc2ccccc2C1=O. The van der Waals surface area contributed by atoms with E-state index in [2.05, 4.69) is 16.9 Å². The summed E-state index contributed by atoms with van der Waals surface area (Å²) < 4.78 is 6.58. The first-order valence-corrected chi connectivity index (χ1v) is 12.8. The molecule has 7 nitrogen and oxygen atoms in total. The summed E-state index contributed by atoms with van der Waals surface area (Å²) in [5, 5.41) is 0. The van der Waals surface area contributed by atoms with Gasteiger partial charge < -0.3 is 14.5 Å². The molecule has 0 radical (unpaired) electrons. The molecule has 182 valence electrons. The van der Waals surface area contributed by atoms with Gasteiger partial charge in [0.25, 0.3) is 11.8 Å². The summed E-state index contributed by atoms with van der Waals surface area (Å²) in [5.41, 5.74) is 1.04. The van der Waals surface area contributed by atoms with Crippen molar-refractivity contribution < 1.29 is 14.3 Å². The van der Waals surface area contributed by atoms with Gasteiger partial charge in [0.05, 0.1) is 11.6 Å². The first-order valence-electron chi connectivity index (χ1n) is 12.8. The van der Waals surface area contributed by atoms with Crippen LogP contribution in [0.1, 0.15) is 85.6 Å². The van der Waals surface area contributed by atoms with Crippen LogP contribution in [0.3, 0.4) is 0 Å². The number of nitrogens with zero attached hydrogens (tertiary/aromatic N) is 4. The maximum absolute atomic E-state index is 13.5. The van der Waals surface area contributed by atoms with Gasteiger partial charge in [-0.2, -0.15) is 0 Å². The average Bonchev–Trinajstić information content (AvgIpc) is 2.88. The molecule has 2 heterocycles. The predicted octanol–water partition coefficient (Wildman–Crippen LogP) is 4.74. The number of aromatic nitrogens is 2. The Balaban J connectivity index is 1.67. The van der Waals surface area contributed by atoms with Crippen molar-refractivity contribution in [2.45, 2.75) is 76.9 Å². The third kappa shape index (κ3) is 5.75. The summed E-state index contributed by atoms with van der Waals surface area (Å²) in [6, 6.07) is 9.22. The van der Waals surface area contributed by atoms with Gasteiger partial charge in [-0.1, -0.05) is 38.3 Å². The fourth-order valence-electron chi connectivity index (χ4n) is 5.16. The molecule has 0 N–H and O–H groups in total. The molecule has 0 bridgehead atoms. The third-order valence-electron chi connectivity index (χ3n) is 6.88. The van der Waals surface area contributed by atoms with Crippen LogP contribution in [0.5, 0.6) is 5.75 Å². The summed E-state index contributed by atoms with van der Waals surface area (Å²) >= 11 is 0. The smallest absolute Gasteiger partial charge is 0.272 e. The lowest BCUT2D eigenvalue weighted by Gasteiger charge is -2.40. The van der Waals surface area contributed by atoms with Gasteiger partial charge in [-0.3, -0.25) is 9.59 Å². The molecule has 1 saturated carbocycles. The van der Waals surface area contributed by atoms with E-state index in [4.69, 9.17) is 4.74 Å². The van der Waals surface area contributed by atoms with Gasteiger partial charge in [-0.15, -0.1) is 0 Å². The van der Waals surface area contributed by atoms with E-state index in [-0.39, 0.29) is 24.0 Å². The van der Waals surface area contributed by atoms with Crippen molar-refractivity contribution >= 4 is 11.8 Å². The first kappa shape index (κ1) is 24.2. The van der Waals surface area contributed by atoms with E-state index in [1.807, 2.05) is 34.1 Å². The van der Waals surface area contributed by atoms with Crippen molar-refractivity contribution in [2.24, 2.45) is 0 Å². The lowest BCUT2D eigenvalue weighted by atomic mass is 9.90. The molecule has 0 unspecified atom stereocenters. The largest absolute Gasteiger partial charge is 0.487 e. The third-order valence-corrected chi connectivity index (χ3v) is 6.88. The Morgan fingerprint density at radius 1 is 1.03 bits per heavy atom. The van der Waals surface area contributed by atoms with Crippen molar-refractivity contribution in [3.05, 3.63) is 54.1 Å². The van der Waals surface area contributed by atoms with Crippen LogP contribution in [-0.4, -0.2) is 63.4 Å². The lowest BCUT2D eigenvalue weighted by molar-refractivity contribution is 0.0262. The summed E-state index contributed by atoms with van der Waals surface area (Å²) in [6.45, 7) is 4.29. The fraction of sp³-hybridized carbons (Fsp3) is 0.556. The van der Waals surface area contributed by atoms with Crippen LogP contribution in [0.2, 0.25) is 0 Å². The number of para-hydroxylation sites is 1. The minimum Gasteiger partial charge on any atom is -0.487 e. The summed E-state index contributed by atoms with van der Waals surface area (Å²) in [7, 11) is 0. The molecule has 2 aromatic rings. The van der Waals surface area contributed by atoms with Gasteiger partial charge in [0.1, 0.15) is 23.9 Å². The maximum atomic E-state index is 13.5. The van der Waals surface area contributed by atoms with Crippen LogP contribution in [0.25, 0.3) is 0 Å². The van der Waals surface area contributed by atoms with E-state index in [1.165, 1.54) is 6.33 Å². The Morgan fingerprint density at radius 3 is 2.62 bits per heavy atom. The predicted molar refractivity (Wildman–Crippen MR) is 131 cm³/mol. The Kier molecular flexibility index (Phi) is 8.50. The number of carbonyl (C=O) groups is 2. The second-order valence-electron chi connectivity index (χ2n) is 9.30. The van der Waals surface area contributed by atoms with E-state index in [9.17, 15) is 9.59 Å². The number of carbonyl (C=O) groups excluding carboxylic acids is 2. The topological polar surface area (TPSA) is 75.6 Å². The number of ether oxygens (including phenoxy) is 1. The molecule has 34 heavy (non-hydrogen) atoms. The molecule has 2 amide bonds.